The Morgan fingerprint density at radius 3 is 2.50 bits per heavy atom. The molecule has 0 bridgehead atoms. The maximum Gasteiger partial charge on any atom is 0.256 e. The van der Waals surface area contributed by atoms with Crippen LogP contribution in [0.1, 0.15) is 27.9 Å². The number of aromatic nitrogens is 1. The zero-order valence-corrected chi connectivity index (χ0v) is 24.8. The number of nitrogens with zero attached hydrogens (tertiary/aromatic N) is 3. The van der Waals surface area contributed by atoms with Gasteiger partial charge in [-0.2, -0.15) is 0 Å². The van der Waals surface area contributed by atoms with Crippen LogP contribution in [0, 0.1) is 0 Å². The van der Waals surface area contributed by atoms with Gasteiger partial charge in [-0.25, -0.2) is 0 Å². The number of carbonyl (C=O) groups is 3. The summed E-state index contributed by atoms with van der Waals surface area (Å²) in [6, 6.07) is 20.8. The highest BCUT2D eigenvalue weighted by atomic mass is 16.6. The van der Waals surface area contributed by atoms with Crippen LogP contribution < -0.4 is 14.8 Å². The molecule has 3 amide bonds. The molecule has 10 nitrogen and oxygen atoms in total. The lowest BCUT2D eigenvalue weighted by Gasteiger charge is -2.29. The van der Waals surface area contributed by atoms with Crippen LogP contribution in [-0.4, -0.2) is 82.2 Å². The van der Waals surface area contributed by atoms with Gasteiger partial charge in [0.2, 0.25) is 11.8 Å². The van der Waals surface area contributed by atoms with Crippen molar-refractivity contribution in [1.82, 2.24) is 19.7 Å². The van der Waals surface area contributed by atoms with E-state index in [2.05, 4.69) is 5.32 Å². The van der Waals surface area contributed by atoms with Gasteiger partial charge in [-0.3, -0.25) is 14.4 Å². The monoisotopic (exact) mass is 596 g/mol. The van der Waals surface area contributed by atoms with E-state index in [4.69, 9.17) is 9.47 Å². The van der Waals surface area contributed by atoms with E-state index in [0.29, 0.717) is 36.8 Å². The minimum atomic E-state index is -0.938. The zero-order chi connectivity index (χ0) is 30.8. The molecule has 1 saturated heterocycles. The number of aliphatic hydroxyl groups is 1. The average molecular weight is 597 g/mol. The van der Waals surface area contributed by atoms with Crippen LogP contribution in [0.3, 0.4) is 0 Å². The van der Waals surface area contributed by atoms with Crippen LogP contribution in [0.2, 0.25) is 0 Å². The number of aryl methyl sites for hydroxylation is 1. The van der Waals surface area contributed by atoms with Crippen molar-refractivity contribution in [3.8, 4) is 11.5 Å². The van der Waals surface area contributed by atoms with Crippen molar-refractivity contribution in [1.29, 1.82) is 0 Å². The predicted octanol–water partition coefficient (Wildman–Crippen LogP) is 2.91. The second-order valence-electron chi connectivity index (χ2n) is 11.5. The van der Waals surface area contributed by atoms with E-state index in [-0.39, 0.29) is 31.2 Å². The number of benzene rings is 3. The Kier molecular flexibility index (Phi) is 8.25. The first-order valence-electron chi connectivity index (χ1n) is 14.8. The average Bonchev–Trinajstić information content (AvgIpc) is 3.60. The lowest BCUT2D eigenvalue weighted by Crippen LogP contribution is -2.54. The number of para-hydroxylation sites is 1. The van der Waals surface area contributed by atoms with Crippen molar-refractivity contribution < 1.29 is 29.0 Å². The van der Waals surface area contributed by atoms with E-state index in [1.165, 1.54) is 4.90 Å². The second-order valence-corrected chi connectivity index (χ2v) is 11.5. The number of amides is 3. The number of likely N-dealkylation sites (N-methyl/N-ethyl adjacent to an activating group) is 1. The zero-order valence-electron chi connectivity index (χ0n) is 24.8. The van der Waals surface area contributed by atoms with Gasteiger partial charge in [-0.05, 0) is 29.3 Å². The summed E-state index contributed by atoms with van der Waals surface area (Å²) in [6.45, 7) is 1.28. The lowest BCUT2D eigenvalue weighted by atomic mass is 10.0. The third kappa shape index (κ3) is 5.98. The highest BCUT2D eigenvalue weighted by Crippen LogP contribution is 2.31. The first-order valence-corrected chi connectivity index (χ1v) is 14.8. The van der Waals surface area contributed by atoms with E-state index < -0.39 is 24.1 Å². The minimum Gasteiger partial charge on any atom is -0.486 e. The quantitative estimate of drug-likeness (QED) is 0.324. The molecular weight excluding hydrogens is 560 g/mol. The molecule has 0 aliphatic carbocycles. The number of hydrogen-bond acceptors (Lipinski definition) is 6. The molecule has 1 fully saturated rings. The van der Waals surface area contributed by atoms with Crippen LogP contribution in [0.5, 0.6) is 11.5 Å². The number of rotatable bonds is 8. The first kappa shape index (κ1) is 29.3. The molecule has 2 N–H and O–H groups in total. The van der Waals surface area contributed by atoms with Gasteiger partial charge in [0.1, 0.15) is 25.3 Å². The Bertz CT molecular complexity index is 1690. The Morgan fingerprint density at radius 1 is 0.977 bits per heavy atom. The SMILES string of the molecule is CN(Cc1ccccc1)C(=O)[C@@H](Cc1ccc2c(c1)OCCO2)NC(=O)C1C[C@@H](O)CN1C(=O)c1cn(C)c2ccccc12. The van der Waals surface area contributed by atoms with E-state index >= 15 is 0 Å². The van der Waals surface area contributed by atoms with E-state index in [1.54, 1.807) is 24.2 Å². The number of nitrogens with one attached hydrogen (secondary N) is 1. The maximum absolute atomic E-state index is 13.9. The Balaban J connectivity index is 1.25. The first-order chi connectivity index (χ1) is 21.3. The van der Waals surface area contributed by atoms with Crippen molar-refractivity contribution >= 4 is 28.6 Å². The molecule has 44 heavy (non-hydrogen) atoms. The highest BCUT2D eigenvalue weighted by Gasteiger charge is 2.41. The molecule has 0 saturated carbocycles. The van der Waals surface area contributed by atoms with Gasteiger partial charge in [0.25, 0.3) is 5.91 Å². The van der Waals surface area contributed by atoms with Crippen molar-refractivity contribution in [3.63, 3.8) is 0 Å². The molecule has 3 aromatic carbocycles. The summed E-state index contributed by atoms with van der Waals surface area (Å²) >= 11 is 0. The Hall–Kier alpha value is -4.83. The maximum atomic E-state index is 13.9. The molecule has 228 valence electrons. The van der Waals surface area contributed by atoms with Gasteiger partial charge in [0.15, 0.2) is 11.5 Å². The number of aliphatic hydroxyl groups excluding tert-OH is 1. The summed E-state index contributed by atoms with van der Waals surface area (Å²) in [5.74, 6) is 0.126. The molecule has 1 aromatic heterocycles. The second kappa shape index (κ2) is 12.4. The normalized spacial score (nSPS) is 18.2. The molecule has 3 atom stereocenters. The summed E-state index contributed by atoms with van der Waals surface area (Å²) in [5, 5.41) is 14.3. The minimum absolute atomic E-state index is 0.0226. The number of hydrogen-bond donors (Lipinski definition) is 2. The predicted molar refractivity (Wildman–Crippen MR) is 164 cm³/mol. The van der Waals surface area contributed by atoms with Crippen LogP contribution in [0.4, 0.5) is 0 Å². The molecule has 10 heteroatoms. The number of ether oxygens (including phenoxy) is 2. The standard InChI is InChI=1S/C34H36N4O6/c1-36-21-26(25-10-6-7-11-28(25)36)33(41)38-20-24(39)18-29(38)32(40)35-27(34(42)37(2)19-22-8-4-3-5-9-22)16-23-12-13-30-31(17-23)44-15-14-43-30/h3-13,17,21,24,27,29,39H,14-16,18-20H2,1-2H3,(H,35,40)/t24-,27-,29?/m1/s1. The number of likely N-dealkylation sites (tertiary alicyclic amines) is 1. The summed E-state index contributed by atoms with van der Waals surface area (Å²) in [7, 11) is 3.57. The van der Waals surface area contributed by atoms with E-state index in [1.807, 2.05) is 78.3 Å². The number of carbonyl (C=O) groups excluding carboxylic acids is 3. The van der Waals surface area contributed by atoms with Crippen molar-refractivity contribution in [2.45, 2.75) is 37.6 Å². The molecule has 3 heterocycles. The van der Waals surface area contributed by atoms with Crippen molar-refractivity contribution in [3.05, 3.63) is 95.7 Å². The van der Waals surface area contributed by atoms with Crippen LogP contribution in [-0.2, 0) is 29.6 Å². The number of β-amino-alcohol motifs (C(OH)–C–C–N with tert-alkyl or cyclic N) is 1. The van der Waals surface area contributed by atoms with Gasteiger partial charge >= 0.3 is 0 Å². The van der Waals surface area contributed by atoms with Crippen LogP contribution in [0.15, 0.2) is 79.0 Å². The van der Waals surface area contributed by atoms with Crippen molar-refractivity contribution in [2.75, 3.05) is 26.8 Å². The summed E-state index contributed by atoms with van der Waals surface area (Å²) in [6.07, 6.45) is 1.16. The lowest BCUT2D eigenvalue weighted by molar-refractivity contribution is -0.136. The Labute approximate surface area is 255 Å². The van der Waals surface area contributed by atoms with Gasteiger partial charge in [0.05, 0.1) is 11.7 Å². The molecule has 2 aliphatic heterocycles. The molecule has 1 unspecified atom stereocenters. The third-order valence-corrected chi connectivity index (χ3v) is 8.27. The molecule has 4 aromatic rings. The number of fused-ring (bicyclic) bond motifs is 2. The third-order valence-electron chi connectivity index (χ3n) is 8.27. The highest BCUT2D eigenvalue weighted by molar-refractivity contribution is 6.08. The van der Waals surface area contributed by atoms with Gasteiger partial charge < -0.3 is 34.3 Å². The molecule has 0 spiro atoms. The largest absolute Gasteiger partial charge is 0.486 e. The summed E-state index contributed by atoms with van der Waals surface area (Å²) < 4.78 is 13.3. The van der Waals surface area contributed by atoms with Crippen LogP contribution in [0.25, 0.3) is 10.9 Å². The van der Waals surface area contributed by atoms with Crippen molar-refractivity contribution in [2.24, 2.45) is 7.05 Å². The topological polar surface area (TPSA) is 113 Å². The summed E-state index contributed by atoms with van der Waals surface area (Å²) in [4.78, 5) is 44.6. The summed E-state index contributed by atoms with van der Waals surface area (Å²) in [5.41, 5.74) is 3.10. The molecule has 6 rings (SSSR count). The van der Waals surface area contributed by atoms with E-state index in [0.717, 1.165) is 22.0 Å². The van der Waals surface area contributed by atoms with Crippen LogP contribution >= 0.6 is 0 Å². The smallest absolute Gasteiger partial charge is 0.256 e. The fraction of sp³-hybridized carbons (Fsp3) is 0.324. The fourth-order valence-electron chi connectivity index (χ4n) is 6.07. The van der Waals surface area contributed by atoms with E-state index in [9.17, 15) is 19.5 Å². The molecule has 2 aliphatic rings. The van der Waals surface area contributed by atoms with Gasteiger partial charge in [-0.15, -0.1) is 0 Å². The van der Waals surface area contributed by atoms with Gasteiger partial charge in [-0.1, -0.05) is 54.6 Å². The fourth-order valence-corrected chi connectivity index (χ4v) is 6.07. The molecule has 0 radical (unpaired) electrons. The Morgan fingerprint density at radius 2 is 1.70 bits per heavy atom. The molecular formula is C34H36N4O6. The van der Waals surface area contributed by atoms with Gasteiger partial charge in [0, 0.05) is 57.1 Å².